The SMILES string of the molecule is CCC1(CC)NC(=O)CN(C(C)CCCC(C)C)C1=O. The Morgan fingerprint density at radius 3 is 2.25 bits per heavy atom. The second-order valence-electron chi connectivity index (χ2n) is 6.44. The summed E-state index contributed by atoms with van der Waals surface area (Å²) in [6.45, 7) is 10.6. The maximum Gasteiger partial charge on any atom is 0.249 e. The minimum atomic E-state index is -0.679. The molecule has 1 aliphatic heterocycles. The quantitative estimate of drug-likeness (QED) is 0.780. The van der Waals surface area contributed by atoms with Crippen molar-refractivity contribution in [2.45, 2.75) is 78.3 Å². The van der Waals surface area contributed by atoms with E-state index in [-0.39, 0.29) is 24.4 Å². The van der Waals surface area contributed by atoms with Gasteiger partial charge in [0.1, 0.15) is 5.54 Å². The molecule has 1 rings (SSSR count). The Bertz CT molecular complexity index is 348. The highest BCUT2D eigenvalue weighted by atomic mass is 16.2. The molecule has 0 saturated carbocycles. The molecular formula is C16H30N2O2. The first-order valence-electron chi connectivity index (χ1n) is 7.98. The highest BCUT2D eigenvalue weighted by Crippen LogP contribution is 2.25. The molecule has 2 amide bonds. The fourth-order valence-corrected chi connectivity index (χ4v) is 2.92. The first kappa shape index (κ1) is 17.0. The Balaban J connectivity index is 2.72. The normalized spacial score (nSPS) is 20.2. The average molecular weight is 282 g/mol. The van der Waals surface area contributed by atoms with Gasteiger partial charge in [0.2, 0.25) is 11.8 Å². The van der Waals surface area contributed by atoms with Crippen LogP contribution in [0.3, 0.4) is 0 Å². The number of rotatable bonds is 7. The van der Waals surface area contributed by atoms with E-state index in [9.17, 15) is 9.59 Å². The zero-order valence-electron chi connectivity index (χ0n) is 13.7. The second-order valence-corrected chi connectivity index (χ2v) is 6.44. The van der Waals surface area contributed by atoms with Crippen LogP contribution in [-0.4, -0.2) is 34.8 Å². The van der Waals surface area contributed by atoms with Gasteiger partial charge in [0.25, 0.3) is 0 Å². The van der Waals surface area contributed by atoms with Crippen LogP contribution in [0.5, 0.6) is 0 Å². The maximum atomic E-state index is 12.7. The van der Waals surface area contributed by atoms with Crippen molar-refractivity contribution in [3.05, 3.63) is 0 Å². The van der Waals surface area contributed by atoms with Crippen molar-refractivity contribution in [1.82, 2.24) is 10.2 Å². The van der Waals surface area contributed by atoms with Gasteiger partial charge in [0.15, 0.2) is 0 Å². The summed E-state index contributed by atoms with van der Waals surface area (Å²) in [5.41, 5.74) is -0.679. The predicted octanol–water partition coefficient (Wildman–Crippen LogP) is 2.72. The van der Waals surface area contributed by atoms with Crippen LogP contribution in [0.2, 0.25) is 0 Å². The molecule has 0 radical (unpaired) electrons. The van der Waals surface area contributed by atoms with E-state index in [0.717, 1.165) is 12.8 Å². The Morgan fingerprint density at radius 1 is 1.15 bits per heavy atom. The van der Waals surface area contributed by atoms with Crippen LogP contribution in [0, 0.1) is 5.92 Å². The number of piperazine rings is 1. The minimum Gasteiger partial charge on any atom is -0.340 e. The molecule has 4 heteroatoms. The summed E-state index contributed by atoms with van der Waals surface area (Å²) in [6.07, 6.45) is 4.56. The molecule has 1 N–H and O–H groups in total. The molecule has 1 heterocycles. The van der Waals surface area contributed by atoms with Crippen molar-refractivity contribution in [2.75, 3.05) is 6.54 Å². The number of carbonyl (C=O) groups excluding carboxylic acids is 2. The first-order chi connectivity index (χ1) is 9.36. The van der Waals surface area contributed by atoms with Gasteiger partial charge < -0.3 is 10.2 Å². The van der Waals surface area contributed by atoms with E-state index in [0.29, 0.717) is 18.8 Å². The van der Waals surface area contributed by atoms with Gasteiger partial charge in [-0.2, -0.15) is 0 Å². The number of hydrogen-bond donors (Lipinski definition) is 1. The monoisotopic (exact) mass is 282 g/mol. The smallest absolute Gasteiger partial charge is 0.249 e. The van der Waals surface area contributed by atoms with E-state index in [2.05, 4.69) is 26.1 Å². The first-order valence-corrected chi connectivity index (χ1v) is 7.98. The van der Waals surface area contributed by atoms with Gasteiger partial charge in [-0.15, -0.1) is 0 Å². The molecule has 0 spiro atoms. The van der Waals surface area contributed by atoms with Crippen LogP contribution in [0.4, 0.5) is 0 Å². The third-order valence-electron chi connectivity index (χ3n) is 4.51. The van der Waals surface area contributed by atoms with E-state index in [1.165, 1.54) is 6.42 Å². The largest absolute Gasteiger partial charge is 0.340 e. The fourth-order valence-electron chi connectivity index (χ4n) is 2.92. The molecule has 1 fully saturated rings. The molecule has 4 nitrogen and oxygen atoms in total. The van der Waals surface area contributed by atoms with Crippen molar-refractivity contribution >= 4 is 11.8 Å². The Kier molecular flexibility index (Phi) is 6.03. The molecule has 1 aliphatic rings. The summed E-state index contributed by atoms with van der Waals surface area (Å²) in [6, 6.07) is 0.143. The molecule has 116 valence electrons. The van der Waals surface area contributed by atoms with E-state index in [1.807, 2.05) is 13.8 Å². The molecular weight excluding hydrogens is 252 g/mol. The number of nitrogens with one attached hydrogen (secondary N) is 1. The van der Waals surface area contributed by atoms with Crippen molar-refractivity contribution < 1.29 is 9.59 Å². The van der Waals surface area contributed by atoms with Crippen molar-refractivity contribution in [2.24, 2.45) is 5.92 Å². The fraction of sp³-hybridized carbons (Fsp3) is 0.875. The zero-order chi connectivity index (χ0) is 15.3. The van der Waals surface area contributed by atoms with E-state index >= 15 is 0 Å². The van der Waals surface area contributed by atoms with Crippen LogP contribution in [0.25, 0.3) is 0 Å². The van der Waals surface area contributed by atoms with Crippen LogP contribution in [0.1, 0.15) is 66.7 Å². The molecule has 0 aromatic rings. The highest BCUT2D eigenvalue weighted by molar-refractivity contribution is 5.98. The van der Waals surface area contributed by atoms with Crippen molar-refractivity contribution in [1.29, 1.82) is 0 Å². The average Bonchev–Trinajstić information content (AvgIpc) is 2.40. The molecule has 1 atom stereocenters. The topological polar surface area (TPSA) is 49.4 Å². The number of amides is 2. The van der Waals surface area contributed by atoms with Gasteiger partial charge >= 0.3 is 0 Å². The lowest BCUT2D eigenvalue weighted by Gasteiger charge is -2.43. The summed E-state index contributed by atoms with van der Waals surface area (Å²) in [4.78, 5) is 26.4. The molecule has 0 aromatic heterocycles. The van der Waals surface area contributed by atoms with Gasteiger partial charge in [-0.1, -0.05) is 40.5 Å². The molecule has 1 unspecified atom stereocenters. The summed E-state index contributed by atoms with van der Waals surface area (Å²) in [5, 5.41) is 2.91. The highest BCUT2D eigenvalue weighted by Gasteiger charge is 2.45. The lowest BCUT2D eigenvalue weighted by atomic mass is 9.88. The minimum absolute atomic E-state index is 0.0241. The van der Waals surface area contributed by atoms with E-state index in [1.54, 1.807) is 4.90 Å². The number of hydrogen-bond acceptors (Lipinski definition) is 2. The van der Waals surface area contributed by atoms with Gasteiger partial charge in [0.05, 0.1) is 6.54 Å². The molecule has 20 heavy (non-hydrogen) atoms. The second kappa shape index (κ2) is 7.09. The van der Waals surface area contributed by atoms with E-state index < -0.39 is 5.54 Å². The van der Waals surface area contributed by atoms with Gasteiger partial charge in [-0.25, -0.2) is 0 Å². The third-order valence-corrected chi connectivity index (χ3v) is 4.51. The third kappa shape index (κ3) is 3.74. The van der Waals surface area contributed by atoms with Crippen LogP contribution in [0.15, 0.2) is 0 Å². The molecule has 1 saturated heterocycles. The standard InChI is InChI=1S/C16H30N2O2/c1-6-16(7-2)15(20)18(11-14(19)17-16)13(5)10-8-9-12(3)4/h12-13H,6-11H2,1-5H3,(H,17,19). The summed E-state index contributed by atoms with van der Waals surface area (Å²) in [7, 11) is 0. The van der Waals surface area contributed by atoms with Gasteiger partial charge in [0, 0.05) is 6.04 Å². The Hall–Kier alpha value is -1.06. The molecule has 0 aromatic carbocycles. The van der Waals surface area contributed by atoms with Gasteiger partial charge in [-0.05, 0) is 32.1 Å². The van der Waals surface area contributed by atoms with Crippen molar-refractivity contribution in [3.63, 3.8) is 0 Å². The van der Waals surface area contributed by atoms with Crippen LogP contribution in [-0.2, 0) is 9.59 Å². The lowest BCUT2D eigenvalue weighted by molar-refractivity contribution is -0.152. The molecule has 0 bridgehead atoms. The Labute approximate surface area is 123 Å². The summed E-state index contributed by atoms with van der Waals surface area (Å²) in [5.74, 6) is 0.760. The van der Waals surface area contributed by atoms with E-state index in [4.69, 9.17) is 0 Å². The Morgan fingerprint density at radius 2 is 1.75 bits per heavy atom. The lowest BCUT2D eigenvalue weighted by Crippen LogP contribution is -2.67. The maximum absolute atomic E-state index is 12.7. The summed E-state index contributed by atoms with van der Waals surface area (Å²) >= 11 is 0. The summed E-state index contributed by atoms with van der Waals surface area (Å²) < 4.78 is 0. The van der Waals surface area contributed by atoms with Crippen molar-refractivity contribution in [3.8, 4) is 0 Å². The van der Waals surface area contributed by atoms with Gasteiger partial charge in [-0.3, -0.25) is 9.59 Å². The zero-order valence-corrected chi connectivity index (χ0v) is 13.7. The number of nitrogens with zero attached hydrogens (tertiary/aromatic N) is 1. The van der Waals surface area contributed by atoms with Crippen LogP contribution < -0.4 is 5.32 Å². The number of carbonyl (C=O) groups is 2. The van der Waals surface area contributed by atoms with Crippen LogP contribution >= 0.6 is 0 Å². The predicted molar refractivity (Wildman–Crippen MR) is 81.3 cm³/mol. The molecule has 0 aliphatic carbocycles.